The fraction of sp³-hybridized carbons (Fsp3) is 0.400. The van der Waals surface area contributed by atoms with Gasteiger partial charge in [0.15, 0.2) is 5.96 Å². The molecule has 16 heavy (non-hydrogen) atoms. The zero-order chi connectivity index (χ0) is 12.3. The molecule has 0 saturated heterocycles. The van der Waals surface area contributed by atoms with Crippen molar-refractivity contribution in [3.05, 3.63) is 23.9 Å². The van der Waals surface area contributed by atoms with Crippen molar-refractivity contribution in [3.8, 4) is 0 Å². The van der Waals surface area contributed by atoms with Crippen molar-refractivity contribution >= 4 is 11.7 Å². The van der Waals surface area contributed by atoms with Crippen molar-refractivity contribution in [2.24, 2.45) is 22.2 Å². The first-order valence-electron chi connectivity index (χ1n) is 5.03. The monoisotopic (exact) mass is 222 g/mol. The third-order valence-electron chi connectivity index (χ3n) is 2.17. The number of aromatic nitrogens is 2. The molecule has 6 heteroatoms. The van der Waals surface area contributed by atoms with Gasteiger partial charge in [-0.25, -0.2) is 9.98 Å². The van der Waals surface area contributed by atoms with E-state index in [0.29, 0.717) is 5.70 Å². The molecule has 1 aromatic heterocycles. The summed E-state index contributed by atoms with van der Waals surface area (Å²) < 4.78 is 2.02. The summed E-state index contributed by atoms with van der Waals surface area (Å²) >= 11 is 0. The normalized spacial score (nSPS) is 11.9. The van der Waals surface area contributed by atoms with Crippen LogP contribution in [0.5, 0.6) is 0 Å². The maximum Gasteiger partial charge on any atom is 0.191 e. The van der Waals surface area contributed by atoms with Gasteiger partial charge in [-0.3, -0.25) is 0 Å². The first-order valence-corrected chi connectivity index (χ1v) is 5.03. The van der Waals surface area contributed by atoms with Crippen LogP contribution >= 0.6 is 0 Å². The molecule has 1 heterocycles. The number of aryl methyl sites for hydroxylation is 1. The van der Waals surface area contributed by atoms with E-state index in [4.69, 9.17) is 17.2 Å². The third-order valence-corrected chi connectivity index (χ3v) is 2.17. The average molecular weight is 222 g/mol. The SMILES string of the molecule is Cc1ncc(/C(=C/N)N=C(N)N)n1C(C)C. The van der Waals surface area contributed by atoms with E-state index in [1.54, 1.807) is 6.20 Å². The van der Waals surface area contributed by atoms with Gasteiger partial charge in [-0.15, -0.1) is 0 Å². The lowest BCUT2D eigenvalue weighted by Gasteiger charge is -2.14. The van der Waals surface area contributed by atoms with E-state index >= 15 is 0 Å². The van der Waals surface area contributed by atoms with Crippen molar-refractivity contribution in [2.45, 2.75) is 26.8 Å². The van der Waals surface area contributed by atoms with Gasteiger partial charge >= 0.3 is 0 Å². The van der Waals surface area contributed by atoms with Crippen LogP contribution < -0.4 is 17.2 Å². The summed E-state index contributed by atoms with van der Waals surface area (Å²) in [5, 5.41) is 0. The van der Waals surface area contributed by atoms with Crippen LogP contribution in [0.2, 0.25) is 0 Å². The minimum atomic E-state index is -0.0224. The summed E-state index contributed by atoms with van der Waals surface area (Å²) in [6, 6.07) is 0.265. The lowest BCUT2D eigenvalue weighted by molar-refractivity contribution is 0.576. The molecule has 0 aliphatic heterocycles. The Hall–Kier alpha value is -1.98. The highest BCUT2D eigenvalue weighted by Crippen LogP contribution is 2.20. The van der Waals surface area contributed by atoms with Crippen LogP contribution in [0, 0.1) is 6.92 Å². The number of nitrogens with zero attached hydrogens (tertiary/aromatic N) is 3. The van der Waals surface area contributed by atoms with Gasteiger partial charge in [-0.1, -0.05) is 0 Å². The molecule has 0 fully saturated rings. The minimum Gasteiger partial charge on any atom is -0.403 e. The first kappa shape index (κ1) is 12.1. The van der Waals surface area contributed by atoms with Crippen molar-refractivity contribution in [1.82, 2.24) is 9.55 Å². The summed E-state index contributed by atoms with van der Waals surface area (Å²) in [4.78, 5) is 8.20. The second-order valence-corrected chi connectivity index (χ2v) is 3.74. The molecule has 0 aliphatic carbocycles. The van der Waals surface area contributed by atoms with Crippen molar-refractivity contribution in [2.75, 3.05) is 0 Å². The number of rotatable bonds is 3. The van der Waals surface area contributed by atoms with Crippen molar-refractivity contribution in [1.29, 1.82) is 0 Å². The maximum atomic E-state index is 5.51. The van der Waals surface area contributed by atoms with Gasteiger partial charge in [-0.05, 0) is 20.8 Å². The number of guanidine groups is 1. The van der Waals surface area contributed by atoms with Crippen molar-refractivity contribution in [3.63, 3.8) is 0 Å². The highest BCUT2D eigenvalue weighted by Gasteiger charge is 2.13. The minimum absolute atomic E-state index is 0.0224. The number of imidazole rings is 1. The molecule has 0 spiro atoms. The number of nitrogens with two attached hydrogens (primary N) is 3. The van der Waals surface area contributed by atoms with Gasteiger partial charge in [0.2, 0.25) is 0 Å². The van der Waals surface area contributed by atoms with Crippen LogP contribution in [0.25, 0.3) is 5.70 Å². The predicted octanol–water partition coefficient (Wildman–Crippen LogP) is 0.303. The molecule has 0 saturated carbocycles. The molecule has 0 bridgehead atoms. The number of hydrogen-bond acceptors (Lipinski definition) is 3. The van der Waals surface area contributed by atoms with Crippen LogP contribution in [0.15, 0.2) is 17.4 Å². The summed E-state index contributed by atoms with van der Waals surface area (Å²) in [7, 11) is 0. The summed E-state index contributed by atoms with van der Waals surface area (Å²) in [5.74, 6) is 0.876. The first-order chi connectivity index (χ1) is 7.47. The number of hydrogen-bond donors (Lipinski definition) is 3. The molecule has 6 N–H and O–H groups in total. The molecule has 0 radical (unpaired) electrons. The van der Waals surface area contributed by atoms with E-state index in [2.05, 4.69) is 23.8 Å². The second kappa shape index (κ2) is 4.69. The van der Waals surface area contributed by atoms with E-state index < -0.39 is 0 Å². The molecule has 0 unspecified atom stereocenters. The average Bonchev–Trinajstić information content (AvgIpc) is 2.56. The largest absolute Gasteiger partial charge is 0.403 e. The smallest absolute Gasteiger partial charge is 0.191 e. The van der Waals surface area contributed by atoms with E-state index in [9.17, 15) is 0 Å². The van der Waals surface area contributed by atoms with Crippen LogP contribution in [0.4, 0.5) is 0 Å². The van der Waals surface area contributed by atoms with Gasteiger partial charge in [0.05, 0.1) is 11.9 Å². The van der Waals surface area contributed by atoms with Gasteiger partial charge in [0.25, 0.3) is 0 Å². The molecular formula is C10H18N6. The van der Waals surface area contributed by atoms with Crippen molar-refractivity contribution < 1.29 is 0 Å². The van der Waals surface area contributed by atoms with Crippen LogP contribution in [0.3, 0.4) is 0 Å². The molecule has 1 rings (SSSR count). The fourth-order valence-corrected chi connectivity index (χ4v) is 1.61. The van der Waals surface area contributed by atoms with Crippen LogP contribution in [-0.2, 0) is 0 Å². The Morgan fingerprint density at radius 2 is 2.12 bits per heavy atom. The Morgan fingerprint density at radius 1 is 1.50 bits per heavy atom. The van der Waals surface area contributed by atoms with Gasteiger partial charge in [0, 0.05) is 12.2 Å². The van der Waals surface area contributed by atoms with E-state index in [1.807, 2.05) is 11.5 Å². The topological polar surface area (TPSA) is 108 Å². The third kappa shape index (κ3) is 2.33. The Kier molecular flexibility index (Phi) is 3.55. The molecule has 88 valence electrons. The molecule has 0 aliphatic rings. The molecule has 0 atom stereocenters. The standard InChI is InChI=1S/C10H18N6/c1-6(2)16-7(3)14-5-9(16)8(4-11)15-10(12)13/h4-6H,11H2,1-3H3,(H4,12,13,15)/b8-4-. The van der Waals surface area contributed by atoms with Gasteiger partial charge in [0.1, 0.15) is 11.5 Å². The van der Waals surface area contributed by atoms with E-state index in [1.165, 1.54) is 6.20 Å². The highest BCUT2D eigenvalue weighted by atomic mass is 15.1. The Labute approximate surface area is 94.9 Å². The van der Waals surface area contributed by atoms with E-state index in [-0.39, 0.29) is 12.0 Å². The summed E-state index contributed by atoms with van der Waals surface area (Å²) in [6.07, 6.45) is 3.08. The molecule has 1 aromatic rings. The maximum absolute atomic E-state index is 5.51. The molecule has 0 amide bonds. The molecule has 0 aromatic carbocycles. The predicted molar refractivity (Wildman–Crippen MR) is 65.3 cm³/mol. The van der Waals surface area contributed by atoms with Gasteiger partial charge in [-0.2, -0.15) is 0 Å². The molecular weight excluding hydrogens is 204 g/mol. The highest BCUT2D eigenvalue weighted by molar-refractivity contribution is 5.83. The second-order valence-electron chi connectivity index (χ2n) is 3.74. The quantitative estimate of drug-likeness (QED) is 0.505. The Morgan fingerprint density at radius 3 is 2.56 bits per heavy atom. The lowest BCUT2D eigenvalue weighted by Crippen LogP contribution is -2.23. The number of aliphatic imine (C=N–C) groups is 1. The Balaban J connectivity index is 3.27. The zero-order valence-electron chi connectivity index (χ0n) is 9.81. The fourth-order valence-electron chi connectivity index (χ4n) is 1.61. The summed E-state index contributed by atoms with van der Waals surface area (Å²) in [5.41, 5.74) is 17.5. The molecule has 6 nitrogen and oxygen atoms in total. The van der Waals surface area contributed by atoms with Crippen LogP contribution in [0.1, 0.15) is 31.4 Å². The van der Waals surface area contributed by atoms with Gasteiger partial charge < -0.3 is 21.8 Å². The lowest BCUT2D eigenvalue weighted by atomic mass is 10.3. The zero-order valence-corrected chi connectivity index (χ0v) is 9.81. The summed E-state index contributed by atoms with van der Waals surface area (Å²) in [6.45, 7) is 6.04. The Bertz CT molecular complexity index is 423. The van der Waals surface area contributed by atoms with E-state index in [0.717, 1.165) is 11.5 Å². The van der Waals surface area contributed by atoms with Crippen LogP contribution in [-0.4, -0.2) is 15.5 Å².